The Morgan fingerprint density at radius 2 is 1.90 bits per heavy atom. The first-order chi connectivity index (χ1) is 14.2. The number of ether oxygens (including phenoxy) is 1. The molecule has 0 fully saturated rings. The van der Waals surface area contributed by atoms with Gasteiger partial charge < -0.3 is 15.4 Å². The summed E-state index contributed by atoms with van der Waals surface area (Å²) in [5.41, 5.74) is 3.21. The maximum absolute atomic E-state index is 5.92. The lowest BCUT2D eigenvalue weighted by molar-refractivity contribution is 0.290. The molecule has 0 bridgehead atoms. The fraction of sp³-hybridized carbons (Fsp3) is 0.318. The lowest BCUT2D eigenvalue weighted by Crippen LogP contribution is -2.38. The summed E-state index contributed by atoms with van der Waals surface area (Å²) in [5.74, 6) is 1.38. The maximum Gasteiger partial charge on any atom is 0.218 e. The average molecular weight is 537 g/mol. The van der Waals surface area contributed by atoms with Crippen molar-refractivity contribution in [3.8, 4) is 5.88 Å². The van der Waals surface area contributed by atoms with Gasteiger partial charge in [-0.3, -0.25) is 4.99 Å². The van der Waals surface area contributed by atoms with E-state index in [0.717, 1.165) is 40.8 Å². The number of guanidine groups is 1. The van der Waals surface area contributed by atoms with Crippen molar-refractivity contribution >= 4 is 41.3 Å². The first kappa shape index (κ1) is 24.1. The van der Waals surface area contributed by atoms with Gasteiger partial charge in [0.15, 0.2) is 5.96 Å². The predicted octanol–water partition coefficient (Wildman–Crippen LogP) is 4.26. The smallest absolute Gasteiger partial charge is 0.218 e. The summed E-state index contributed by atoms with van der Waals surface area (Å²) in [6.45, 7) is 6.00. The number of rotatable bonds is 8. The maximum atomic E-state index is 5.92. The van der Waals surface area contributed by atoms with Crippen LogP contribution in [0.15, 0.2) is 53.7 Å². The third kappa shape index (κ3) is 7.24. The molecule has 0 saturated heterocycles. The van der Waals surface area contributed by atoms with Crippen LogP contribution in [0.1, 0.15) is 26.7 Å². The molecule has 3 rings (SSSR count). The molecule has 2 heterocycles. The van der Waals surface area contributed by atoms with Crippen LogP contribution in [0.5, 0.6) is 5.88 Å². The monoisotopic (exact) mass is 537 g/mol. The van der Waals surface area contributed by atoms with Gasteiger partial charge in [0.1, 0.15) is 6.61 Å². The van der Waals surface area contributed by atoms with Gasteiger partial charge >= 0.3 is 0 Å². The predicted molar refractivity (Wildman–Crippen MR) is 134 cm³/mol. The van der Waals surface area contributed by atoms with E-state index in [1.165, 1.54) is 4.88 Å². The van der Waals surface area contributed by atoms with Gasteiger partial charge in [0, 0.05) is 43.2 Å². The lowest BCUT2D eigenvalue weighted by atomic mass is 10.2. The summed E-state index contributed by atoms with van der Waals surface area (Å²) in [7, 11) is 1.77. The molecule has 160 valence electrons. The van der Waals surface area contributed by atoms with E-state index in [0.29, 0.717) is 19.0 Å². The highest BCUT2D eigenvalue weighted by molar-refractivity contribution is 14.0. The number of hydrogen-bond donors (Lipinski definition) is 2. The van der Waals surface area contributed by atoms with Crippen molar-refractivity contribution in [2.24, 2.45) is 4.99 Å². The van der Waals surface area contributed by atoms with Crippen molar-refractivity contribution in [3.63, 3.8) is 0 Å². The molecular weight excluding hydrogens is 509 g/mol. The molecule has 30 heavy (non-hydrogen) atoms. The minimum absolute atomic E-state index is 0. The number of thiazole rings is 1. The van der Waals surface area contributed by atoms with Crippen LogP contribution in [0.3, 0.4) is 0 Å². The van der Waals surface area contributed by atoms with Crippen LogP contribution in [0.25, 0.3) is 0 Å². The van der Waals surface area contributed by atoms with E-state index < -0.39 is 0 Å². The van der Waals surface area contributed by atoms with E-state index in [1.54, 1.807) is 24.6 Å². The van der Waals surface area contributed by atoms with Gasteiger partial charge in [0.25, 0.3) is 0 Å². The Morgan fingerprint density at radius 3 is 2.60 bits per heavy atom. The molecule has 0 spiro atoms. The molecule has 0 aliphatic carbocycles. The van der Waals surface area contributed by atoms with Gasteiger partial charge in [-0.1, -0.05) is 36.4 Å². The molecule has 0 saturated carbocycles. The molecule has 2 N–H and O–H groups in total. The zero-order chi connectivity index (χ0) is 20.5. The zero-order valence-corrected chi connectivity index (χ0v) is 20.7. The van der Waals surface area contributed by atoms with Crippen molar-refractivity contribution in [1.29, 1.82) is 0 Å². The molecule has 0 aliphatic rings. The Kier molecular flexibility index (Phi) is 10.0. The van der Waals surface area contributed by atoms with Crippen molar-refractivity contribution < 1.29 is 4.74 Å². The normalized spacial score (nSPS) is 11.0. The lowest BCUT2D eigenvalue weighted by Gasteiger charge is -2.14. The first-order valence-electron chi connectivity index (χ1n) is 9.63. The fourth-order valence-corrected chi connectivity index (χ4v) is 3.68. The van der Waals surface area contributed by atoms with Gasteiger partial charge in [-0.15, -0.1) is 35.3 Å². The number of nitrogens with one attached hydrogen (secondary N) is 2. The fourth-order valence-electron chi connectivity index (χ4n) is 2.75. The van der Waals surface area contributed by atoms with E-state index in [-0.39, 0.29) is 24.0 Å². The summed E-state index contributed by atoms with van der Waals surface area (Å²) in [5, 5.41) is 7.81. The molecular formula is C22H28IN5OS. The number of halogens is 1. The molecule has 0 unspecified atom stereocenters. The summed E-state index contributed by atoms with van der Waals surface area (Å²) >= 11 is 1.75. The van der Waals surface area contributed by atoms with Crippen molar-refractivity contribution in [2.45, 2.75) is 33.4 Å². The van der Waals surface area contributed by atoms with E-state index in [4.69, 9.17) is 4.74 Å². The molecule has 1 aromatic carbocycles. The molecule has 0 amide bonds. The second-order valence-corrected chi connectivity index (χ2v) is 7.88. The van der Waals surface area contributed by atoms with Crippen LogP contribution < -0.4 is 15.4 Å². The van der Waals surface area contributed by atoms with Crippen LogP contribution >= 0.6 is 35.3 Å². The highest BCUT2D eigenvalue weighted by atomic mass is 127. The van der Waals surface area contributed by atoms with Crippen LogP contribution in [0.4, 0.5) is 0 Å². The molecule has 0 atom stereocenters. The Labute approximate surface area is 199 Å². The van der Waals surface area contributed by atoms with E-state index in [9.17, 15) is 0 Å². The first-order valence-corrected chi connectivity index (χ1v) is 10.5. The number of aryl methyl sites for hydroxylation is 2. The molecule has 3 aromatic rings. The largest absolute Gasteiger partial charge is 0.473 e. The summed E-state index contributed by atoms with van der Waals surface area (Å²) in [6.07, 6.45) is 2.62. The van der Waals surface area contributed by atoms with E-state index in [2.05, 4.69) is 39.4 Å². The molecule has 2 aromatic heterocycles. The Hall–Kier alpha value is -2.20. The second kappa shape index (κ2) is 12.5. The third-order valence-electron chi connectivity index (χ3n) is 4.44. The molecule has 0 aliphatic heterocycles. The number of benzene rings is 1. The number of aromatic nitrogens is 2. The van der Waals surface area contributed by atoms with Gasteiger partial charge in [-0.05, 0) is 25.5 Å². The van der Waals surface area contributed by atoms with Crippen LogP contribution in [0.2, 0.25) is 0 Å². The standard InChI is InChI=1S/C22H27N5OS.HI/c1-16-17(2)29-20(27-16)11-13-25-22(23-3)26-14-19-10-7-12-24-21(19)28-15-18-8-5-4-6-9-18;/h4-10,12H,11,13-15H2,1-3H3,(H2,23,25,26);1H. The van der Waals surface area contributed by atoms with Crippen LogP contribution in [-0.4, -0.2) is 29.5 Å². The summed E-state index contributed by atoms with van der Waals surface area (Å²) in [6, 6.07) is 14.0. The average Bonchev–Trinajstić information content (AvgIpc) is 3.07. The second-order valence-electron chi connectivity index (χ2n) is 6.59. The van der Waals surface area contributed by atoms with Crippen LogP contribution in [-0.2, 0) is 19.6 Å². The zero-order valence-electron chi connectivity index (χ0n) is 17.5. The topological polar surface area (TPSA) is 71.4 Å². The molecule has 6 nitrogen and oxygen atoms in total. The quantitative estimate of drug-likeness (QED) is 0.255. The summed E-state index contributed by atoms with van der Waals surface area (Å²) in [4.78, 5) is 14.5. The Bertz CT molecular complexity index is 926. The molecule has 0 radical (unpaired) electrons. The van der Waals surface area contributed by atoms with Gasteiger partial charge in [0.05, 0.1) is 10.7 Å². The third-order valence-corrected chi connectivity index (χ3v) is 5.58. The van der Waals surface area contributed by atoms with Crippen molar-refractivity contribution in [1.82, 2.24) is 20.6 Å². The SMILES string of the molecule is CN=C(NCCc1nc(C)c(C)s1)NCc1cccnc1OCc1ccccc1.I. The number of pyridine rings is 1. The Balaban J connectivity index is 0.00000320. The number of hydrogen-bond acceptors (Lipinski definition) is 5. The van der Waals surface area contributed by atoms with E-state index in [1.807, 2.05) is 42.5 Å². The van der Waals surface area contributed by atoms with E-state index >= 15 is 0 Å². The highest BCUT2D eigenvalue weighted by Gasteiger charge is 2.07. The molecule has 8 heteroatoms. The minimum Gasteiger partial charge on any atom is -0.473 e. The number of nitrogens with zero attached hydrogens (tertiary/aromatic N) is 3. The highest BCUT2D eigenvalue weighted by Crippen LogP contribution is 2.17. The van der Waals surface area contributed by atoms with Gasteiger partial charge in [0.2, 0.25) is 5.88 Å². The van der Waals surface area contributed by atoms with Crippen molar-refractivity contribution in [3.05, 3.63) is 75.4 Å². The Morgan fingerprint density at radius 1 is 1.10 bits per heavy atom. The van der Waals surface area contributed by atoms with Crippen molar-refractivity contribution in [2.75, 3.05) is 13.6 Å². The van der Waals surface area contributed by atoms with Crippen LogP contribution in [0, 0.1) is 13.8 Å². The summed E-state index contributed by atoms with van der Waals surface area (Å²) < 4.78 is 5.92. The van der Waals surface area contributed by atoms with Gasteiger partial charge in [-0.25, -0.2) is 9.97 Å². The van der Waals surface area contributed by atoms with Gasteiger partial charge in [-0.2, -0.15) is 0 Å². The minimum atomic E-state index is 0. The number of aliphatic imine (C=N–C) groups is 1.